The van der Waals surface area contributed by atoms with Crippen molar-refractivity contribution >= 4 is 5.78 Å². The second-order valence-electron chi connectivity index (χ2n) is 8.71. The van der Waals surface area contributed by atoms with Crippen molar-refractivity contribution in [3.05, 3.63) is 0 Å². The monoisotopic (exact) mass is 348 g/mol. The van der Waals surface area contributed by atoms with Crippen LogP contribution >= 0.6 is 0 Å². The fourth-order valence-electron chi connectivity index (χ4n) is 6.43. The van der Waals surface area contributed by atoms with Crippen LogP contribution in [-0.2, 0) is 14.3 Å². The molecule has 4 heteroatoms. The van der Waals surface area contributed by atoms with E-state index in [1.807, 2.05) is 0 Å². The quantitative estimate of drug-likeness (QED) is 0.797. The van der Waals surface area contributed by atoms with Crippen LogP contribution in [0.15, 0.2) is 0 Å². The van der Waals surface area contributed by atoms with Gasteiger partial charge in [-0.1, -0.05) is 26.7 Å². The summed E-state index contributed by atoms with van der Waals surface area (Å²) in [5.41, 5.74) is -0.375. The van der Waals surface area contributed by atoms with Crippen molar-refractivity contribution in [1.29, 1.82) is 0 Å². The van der Waals surface area contributed by atoms with Crippen LogP contribution in [0.1, 0.15) is 52.9 Å². The van der Waals surface area contributed by atoms with Crippen LogP contribution in [0.4, 0.5) is 0 Å². The van der Waals surface area contributed by atoms with E-state index < -0.39 is 12.2 Å². The molecule has 0 heterocycles. The third-order valence-electron chi connectivity index (χ3n) is 8.09. The molecule has 0 aliphatic heterocycles. The van der Waals surface area contributed by atoms with Gasteiger partial charge in [-0.15, -0.1) is 6.42 Å². The number of methoxy groups -OCH3 is 1. The van der Waals surface area contributed by atoms with Crippen LogP contribution < -0.4 is 0 Å². The average molecular weight is 348 g/mol. The van der Waals surface area contributed by atoms with Gasteiger partial charge in [0.25, 0.3) is 0 Å². The molecule has 3 unspecified atom stereocenters. The van der Waals surface area contributed by atoms with E-state index in [1.54, 1.807) is 7.11 Å². The van der Waals surface area contributed by atoms with E-state index in [1.165, 1.54) is 0 Å². The fraction of sp³-hybridized carbons (Fsp3) is 0.857. The summed E-state index contributed by atoms with van der Waals surface area (Å²) in [5, 5.41) is 11.2. The van der Waals surface area contributed by atoms with Gasteiger partial charge in [-0.2, -0.15) is 0 Å². The Hall–Kier alpha value is -0.890. The molecule has 0 saturated heterocycles. The van der Waals surface area contributed by atoms with Gasteiger partial charge in [0.15, 0.2) is 5.78 Å². The molecule has 0 aromatic carbocycles. The Bertz CT molecular complexity index is 567. The van der Waals surface area contributed by atoms with Crippen molar-refractivity contribution in [2.45, 2.75) is 71.2 Å². The highest BCUT2D eigenvalue weighted by molar-refractivity contribution is 5.86. The maximum atomic E-state index is 13.2. The first kappa shape index (κ1) is 18.9. The van der Waals surface area contributed by atoms with E-state index in [9.17, 15) is 9.90 Å². The molecule has 3 fully saturated rings. The van der Waals surface area contributed by atoms with Crippen LogP contribution in [0.2, 0.25) is 0 Å². The van der Waals surface area contributed by atoms with Gasteiger partial charge >= 0.3 is 0 Å². The van der Waals surface area contributed by atoms with Gasteiger partial charge in [0, 0.05) is 24.9 Å². The van der Waals surface area contributed by atoms with E-state index in [2.05, 4.69) is 26.7 Å². The number of Topliss-reactive ketones (excluding diaryl/α,β-unsaturated/α-hetero) is 1. The summed E-state index contributed by atoms with van der Waals surface area (Å²) in [7, 11) is 1.77. The van der Waals surface area contributed by atoms with Gasteiger partial charge in [0.1, 0.15) is 12.7 Å². The Morgan fingerprint density at radius 2 is 2.00 bits per heavy atom. The van der Waals surface area contributed by atoms with Gasteiger partial charge < -0.3 is 14.6 Å². The average Bonchev–Trinajstić information content (AvgIpc) is 3.00. The molecule has 3 aliphatic rings. The highest BCUT2D eigenvalue weighted by Crippen LogP contribution is 2.67. The number of hydrogen-bond acceptors (Lipinski definition) is 4. The Labute approximate surface area is 151 Å². The minimum Gasteiger partial charge on any atom is -0.392 e. The highest BCUT2D eigenvalue weighted by atomic mass is 16.5. The lowest BCUT2D eigenvalue weighted by molar-refractivity contribution is -0.192. The van der Waals surface area contributed by atoms with Crippen LogP contribution in [0.25, 0.3) is 0 Å². The van der Waals surface area contributed by atoms with E-state index in [4.69, 9.17) is 15.9 Å². The fourth-order valence-corrected chi connectivity index (χ4v) is 6.43. The molecule has 0 spiro atoms. The number of rotatable bonds is 3. The molecule has 2 bridgehead atoms. The van der Waals surface area contributed by atoms with E-state index in [-0.39, 0.29) is 41.2 Å². The zero-order valence-corrected chi connectivity index (χ0v) is 16.0. The normalized spacial score (nSPS) is 49.8. The summed E-state index contributed by atoms with van der Waals surface area (Å²) >= 11 is 0. The molecule has 140 valence electrons. The highest BCUT2D eigenvalue weighted by Gasteiger charge is 2.66. The third kappa shape index (κ3) is 2.59. The number of hydrogen-bond donors (Lipinski definition) is 1. The summed E-state index contributed by atoms with van der Waals surface area (Å²) in [6, 6.07) is 0. The van der Waals surface area contributed by atoms with Gasteiger partial charge in [-0.25, -0.2) is 0 Å². The Balaban J connectivity index is 2.08. The zero-order valence-electron chi connectivity index (χ0n) is 16.0. The van der Waals surface area contributed by atoms with Crippen molar-refractivity contribution in [1.82, 2.24) is 0 Å². The Morgan fingerprint density at radius 1 is 1.32 bits per heavy atom. The summed E-state index contributed by atoms with van der Waals surface area (Å²) in [4.78, 5) is 13.2. The molecule has 3 saturated carbocycles. The molecule has 0 aromatic heterocycles. The third-order valence-corrected chi connectivity index (χ3v) is 8.09. The van der Waals surface area contributed by atoms with Crippen molar-refractivity contribution in [2.75, 3.05) is 13.7 Å². The number of ether oxygens (including phenoxy) is 2. The molecule has 0 aromatic rings. The molecule has 1 N–H and O–H groups in total. The van der Waals surface area contributed by atoms with Crippen molar-refractivity contribution < 1.29 is 19.4 Å². The SMILES string of the molecule is C#CCOC1C[C@@H](O)[C@@]2(C)C3[C@H](OC)CCC3(CC[C@H]2C)[C@@H](C)C1=O. The van der Waals surface area contributed by atoms with Crippen molar-refractivity contribution in [3.8, 4) is 12.3 Å². The lowest BCUT2D eigenvalue weighted by atomic mass is 9.45. The van der Waals surface area contributed by atoms with Crippen LogP contribution in [0.3, 0.4) is 0 Å². The maximum absolute atomic E-state index is 13.2. The molecular weight excluding hydrogens is 316 g/mol. The number of aliphatic hydroxyl groups excluding tert-OH is 1. The zero-order chi connectivity index (χ0) is 18.4. The number of carbonyl (C=O) groups is 1. The largest absolute Gasteiger partial charge is 0.392 e. The van der Waals surface area contributed by atoms with Crippen molar-refractivity contribution in [3.63, 3.8) is 0 Å². The molecule has 3 aliphatic carbocycles. The van der Waals surface area contributed by atoms with Gasteiger partial charge in [-0.3, -0.25) is 4.79 Å². The van der Waals surface area contributed by atoms with E-state index >= 15 is 0 Å². The Morgan fingerprint density at radius 3 is 2.64 bits per heavy atom. The maximum Gasteiger partial charge on any atom is 0.165 e. The van der Waals surface area contributed by atoms with Crippen LogP contribution in [0, 0.1) is 40.9 Å². The second-order valence-corrected chi connectivity index (χ2v) is 8.71. The first-order valence-corrected chi connectivity index (χ1v) is 9.62. The summed E-state index contributed by atoms with van der Waals surface area (Å²) < 4.78 is 11.6. The predicted molar refractivity (Wildman–Crippen MR) is 95.8 cm³/mol. The lowest BCUT2D eigenvalue weighted by Crippen LogP contribution is -2.61. The van der Waals surface area contributed by atoms with Gasteiger partial charge in [0.05, 0.1) is 12.2 Å². The first-order chi connectivity index (χ1) is 11.8. The summed E-state index contributed by atoms with van der Waals surface area (Å²) in [5.74, 6) is 3.05. The van der Waals surface area contributed by atoms with E-state index in [0.717, 1.165) is 25.7 Å². The molecule has 4 nitrogen and oxygen atoms in total. The van der Waals surface area contributed by atoms with Crippen LogP contribution in [-0.4, -0.2) is 42.9 Å². The molecule has 25 heavy (non-hydrogen) atoms. The first-order valence-electron chi connectivity index (χ1n) is 9.62. The molecular formula is C21H32O4. The van der Waals surface area contributed by atoms with Crippen molar-refractivity contribution in [2.24, 2.45) is 28.6 Å². The lowest BCUT2D eigenvalue weighted by Gasteiger charge is -2.60. The number of carbonyl (C=O) groups excluding carboxylic acids is 1. The molecule has 0 amide bonds. The number of terminal acetylenes is 1. The second kappa shape index (κ2) is 6.68. The minimum atomic E-state index is -0.606. The van der Waals surface area contributed by atoms with Gasteiger partial charge in [-0.05, 0) is 42.9 Å². The number of aliphatic hydroxyl groups is 1. The smallest absolute Gasteiger partial charge is 0.165 e. The topological polar surface area (TPSA) is 55.8 Å². The molecule has 0 radical (unpaired) electrons. The summed E-state index contributed by atoms with van der Waals surface area (Å²) in [6.07, 6.45) is 8.59. The minimum absolute atomic E-state index is 0.0975. The molecule has 3 rings (SSSR count). The van der Waals surface area contributed by atoms with E-state index in [0.29, 0.717) is 12.3 Å². The Kier molecular flexibility index (Phi) is 5.05. The molecule has 8 atom stereocenters. The number of ketones is 1. The van der Waals surface area contributed by atoms with Crippen LogP contribution in [0.5, 0.6) is 0 Å². The summed E-state index contributed by atoms with van der Waals surface area (Å²) in [6.45, 7) is 6.62. The van der Waals surface area contributed by atoms with Gasteiger partial charge in [0.2, 0.25) is 0 Å². The predicted octanol–water partition coefficient (Wildman–Crippen LogP) is 2.82. The standard InChI is InChI=1S/C21H32O4/c1-6-11-25-16-12-17(22)20(4)13(2)7-9-21(14(3)18(16)23)10-8-15(24-5)19(20)21/h1,13-17,19,22H,7-12H2,2-5H3/t13-,14+,15-,16?,17-,19?,20+,21?/m1/s1.